The van der Waals surface area contributed by atoms with Crippen molar-refractivity contribution in [2.45, 2.75) is 0 Å². The molecule has 1 heterocycles. The molecule has 2 aromatic carbocycles. The second-order valence-corrected chi connectivity index (χ2v) is 5.92. The first-order chi connectivity index (χ1) is 11.6. The molecule has 4 nitrogen and oxygen atoms in total. The maximum Gasteiger partial charge on any atom is 0.257 e. The van der Waals surface area contributed by atoms with Crippen LogP contribution in [0.1, 0.15) is 10.4 Å². The molecule has 2 N–H and O–H groups in total. The molecule has 1 aromatic heterocycles. The molecule has 6 heteroatoms. The van der Waals surface area contributed by atoms with E-state index in [0.717, 1.165) is 4.47 Å². The van der Waals surface area contributed by atoms with E-state index < -0.39 is 0 Å². The van der Waals surface area contributed by atoms with E-state index in [1.807, 2.05) is 12.1 Å². The SMILES string of the molecule is O=C(Nc1cccc(Br)c1)c1ccc(Nc2ccccc2F)nc1. The number of hydrogen-bond acceptors (Lipinski definition) is 3. The molecule has 3 rings (SSSR count). The van der Waals surface area contributed by atoms with Gasteiger partial charge in [0.1, 0.15) is 11.6 Å². The van der Waals surface area contributed by atoms with Crippen LogP contribution in [0.3, 0.4) is 0 Å². The van der Waals surface area contributed by atoms with Crippen molar-refractivity contribution in [2.75, 3.05) is 10.6 Å². The van der Waals surface area contributed by atoms with Gasteiger partial charge >= 0.3 is 0 Å². The van der Waals surface area contributed by atoms with Crippen molar-refractivity contribution in [3.63, 3.8) is 0 Å². The molecule has 0 aliphatic carbocycles. The number of para-hydroxylation sites is 1. The summed E-state index contributed by atoms with van der Waals surface area (Å²) >= 11 is 3.35. The minimum Gasteiger partial charge on any atom is -0.338 e. The van der Waals surface area contributed by atoms with Crippen LogP contribution < -0.4 is 10.6 Å². The van der Waals surface area contributed by atoms with Crippen molar-refractivity contribution in [1.82, 2.24) is 4.98 Å². The molecular weight excluding hydrogens is 373 g/mol. The van der Waals surface area contributed by atoms with Gasteiger partial charge in [0, 0.05) is 16.4 Å². The molecule has 120 valence electrons. The van der Waals surface area contributed by atoms with E-state index in [1.165, 1.54) is 12.3 Å². The number of carbonyl (C=O) groups is 1. The van der Waals surface area contributed by atoms with Crippen LogP contribution in [0.2, 0.25) is 0 Å². The molecule has 0 aliphatic rings. The molecule has 3 aromatic rings. The van der Waals surface area contributed by atoms with Crippen LogP contribution in [0.4, 0.5) is 21.6 Å². The lowest BCUT2D eigenvalue weighted by molar-refractivity contribution is 0.102. The van der Waals surface area contributed by atoms with Crippen molar-refractivity contribution in [3.8, 4) is 0 Å². The van der Waals surface area contributed by atoms with Crippen LogP contribution in [-0.2, 0) is 0 Å². The Morgan fingerprint density at radius 3 is 2.58 bits per heavy atom. The third-order valence-corrected chi connectivity index (χ3v) is 3.74. The molecule has 0 atom stereocenters. The number of nitrogens with one attached hydrogen (secondary N) is 2. The molecule has 0 spiro atoms. The minimum atomic E-state index is -0.365. The highest BCUT2D eigenvalue weighted by Gasteiger charge is 2.08. The fourth-order valence-corrected chi connectivity index (χ4v) is 2.47. The van der Waals surface area contributed by atoms with Crippen LogP contribution >= 0.6 is 15.9 Å². The maximum atomic E-state index is 13.6. The molecule has 0 unspecified atom stereocenters. The highest BCUT2D eigenvalue weighted by atomic mass is 79.9. The summed E-state index contributed by atoms with van der Waals surface area (Å²) < 4.78 is 14.5. The predicted molar refractivity (Wildman–Crippen MR) is 96.0 cm³/mol. The van der Waals surface area contributed by atoms with Crippen LogP contribution in [0, 0.1) is 5.82 Å². The van der Waals surface area contributed by atoms with E-state index >= 15 is 0 Å². The normalized spacial score (nSPS) is 10.2. The number of carbonyl (C=O) groups excluding carboxylic acids is 1. The third kappa shape index (κ3) is 3.97. The van der Waals surface area contributed by atoms with Crippen LogP contribution in [-0.4, -0.2) is 10.9 Å². The van der Waals surface area contributed by atoms with Crippen LogP contribution in [0.5, 0.6) is 0 Å². The third-order valence-electron chi connectivity index (χ3n) is 3.24. The second kappa shape index (κ2) is 7.23. The number of anilines is 3. The van der Waals surface area contributed by atoms with E-state index in [1.54, 1.807) is 42.5 Å². The Balaban J connectivity index is 1.70. The van der Waals surface area contributed by atoms with Gasteiger partial charge in [-0.1, -0.05) is 34.1 Å². The van der Waals surface area contributed by atoms with Crippen molar-refractivity contribution in [3.05, 3.63) is 82.7 Å². The molecule has 0 saturated carbocycles. The van der Waals surface area contributed by atoms with E-state index in [-0.39, 0.29) is 11.7 Å². The fraction of sp³-hybridized carbons (Fsp3) is 0. The molecule has 1 amide bonds. The van der Waals surface area contributed by atoms with E-state index in [0.29, 0.717) is 22.8 Å². The number of nitrogens with zero attached hydrogens (tertiary/aromatic N) is 1. The number of halogens is 2. The minimum absolute atomic E-state index is 0.266. The van der Waals surface area contributed by atoms with Crippen molar-refractivity contribution >= 4 is 39.0 Å². The van der Waals surface area contributed by atoms with Gasteiger partial charge < -0.3 is 10.6 Å². The molecule has 0 aliphatic heterocycles. The largest absolute Gasteiger partial charge is 0.338 e. The molecule has 0 saturated heterocycles. The lowest BCUT2D eigenvalue weighted by Gasteiger charge is -2.08. The van der Waals surface area contributed by atoms with Gasteiger partial charge in [-0.05, 0) is 42.5 Å². The molecule has 0 bridgehead atoms. The maximum absolute atomic E-state index is 13.6. The van der Waals surface area contributed by atoms with E-state index in [4.69, 9.17) is 0 Å². The number of hydrogen-bond donors (Lipinski definition) is 2. The van der Waals surface area contributed by atoms with Gasteiger partial charge in [0.25, 0.3) is 5.91 Å². The zero-order valence-corrected chi connectivity index (χ0v) is 14.0. The number of pyridine rings is 1. The topological polar surface area (TPSA) is 54.0 Å². The molecule has 0 fully saturated rings. The average Bonchev–Trinajstić information content (AvgIpc) is 2.57. The summed E-state index contributed by atoms with van der Waals surface area (Å²) in [5.74, 6) is -0.173. The Labute approximate surface area is 146 Å². The van der Waals surface area contributed by atoms with Gasteiger partial charge in [-0.25, -0.2) is 9.37 Å². The summed E-state index contributed by atoms with van der Waals surface area (Å²) in [6.07, 6.45) is 1.44. The predicted octanol–water partition coefficient (Wildman–Crippen LogP) is 4.98. The van der Waals surface area contributed by atoms with Gasteiger partial charge in [0.05, 0.1) is 11.3 Å². The molecule has 24 heavy (non-hydrogen) atoms. The van der Waals surface area contributed by atoms with E-state index in [9.17, 15) is 9.18 Å². The lowest BCUT2D eigenvalue weighted by Crippen LogP contribution is -2.12. The first-order valence-electron chi connectivity index (χ1n) is 7.16. The monoisotopic (exact) mass is 385 g/mol. The van der Waals surface area contributed by atoms with E-state index in [2.05, 4.69) is 31.5 Å². The number of rotatable bonds is 4. The van der Waals surface area contributed by atoms with Gasteiger partial charge in [0.2, 0.25) is 0 Å². The zero-order chi connectivity index (χ0) is 16.9. The van der Waals surface area contributed by atoms with Gasteiger partial charge in [-0.2, -0.15) is 0 Å². The van der Waals surface area contributed by atoms with Gasteiger partial charge in [-0.15, -0.1) is 0 Å². The highest BCUT2D eigenvalue weighted by molar-refractivity contribution is 9.10. The average molecular weight is 386 g/mol. The fourth-order valence-electron chi connectivity index (χ4n) is 2.07. The van der Waals surface area contributed by atoms with Gasteiger partial charge in [-0.3, -0.25) is 4.79 Å². The Bertz CT molecular complexity index is 868. The summed E-state index contributed by atoms with van der Waals surface area (Å²) in [6, 6.07) is 16.9. The number of amides is 1. The van der Waals surface area contributed by atoms with Crippen molar-refractivity contribution in [2.24, 2.45) is 0 Å². The number of benzene rings is 2. The second-order valence-electron chi connectivity index (χ2n) is 5.00. The lowest BCUT2D eigenvalue weighted by atomic mass is 10.2. The Morgan fingerprint density at radius 2 is 1.88 bits per heavy atom. The quantitative estimate of drug-likeness (QED) is 0.665. The first-order valence-corrected chi connectivity index (χ1v) is 7.95. The molecular formula is C18H13BrFN3O. The standard InChI is InChI=1S/C18H13BrFN3O/c19-13-4-3-5-14(10-13)22-18(24)12-8-9-17(21-11-12)23-16-7-2-1-6-15(16)20/h1-11H,(H,21,23)(H,22,24). The Morgan fingerprint density at radius 1 is 1.04 bits per heavy atom. The summed E-state index contributed by atoms with van der Waals surface area (Å²) in [5, 5.41) is 5.66. The number of aromatic nitrogens is 1. The van der Waals surface area contributed by atoms with Gasteiger partial charge in [0.15, 0.2) is 0 Å². The zero-order valence-electron chi connectivity index (χ0n) is 12.5. The highest BCUT2D eigenvalue weighted by Crippen LogP contribution is 2.19. The van der Waals surface area contributed by atoms with Crippen molar-refractivity contribution in [1.29, 1.82) is 0 Å². The molecule has 0 radical (unpaired) electrons. The summed E-state index contributed by atoms with van der Waals surface area (Å²) in [4.78, 5) is 16.3. The first kappa shape index (κ1) is 16.1. The summed E-state index contributed by atoms with van der Waals surface area (Å²) in [6.45, 7) is 0. The van der Waals surface area contributed by atoms with Crippen molar-refractivity contribution < 1.29 is 9.18 Å². The van der Waals surface area contributed by atoms with Crippen LogP contribution in [0.25, 0.3) is 0 Å². The Hall–Kier alpha value is -2.73. The Kier molecular flexibility index (Phi) is 4.86. The smallest absolute Gasteiger partial charge is 0.257 e. The summed E-state index contributed by atoms with van der Waals surface area (Å²) in [5.41, 5.74) is 1.42. The summed E-state index contributed by atoms with van der Waals surface area (Å²) in [7, 11) is 0. The van der Waals surface area contributed by atoms with Crippen LogP contribution in [0.15, 0.2) is 71.3 Å².